The molecule has 1 heterocycles. The van der Waals surface area contributed by atoms with E-state index in [0.29, 0.717) is 10.0 Å². The van der Waals surface area contributed by atoms with Crippen molar-refractivity contribution in [1.82, 2.24) is 9.88 Å². The molecule has 32 heavy (non-hydrogen) atoms. The Bertz CT molecular complexity index is 1080. The molecule has 0 aliphatic heterocycles. The molecule has 3 amide bonds. The number of carbonyl (C=O) groups is 3. The Morgan fingerprint density at radius 2 is 1.34 bits per heavy atom. The third kappa shape index (κ3) is 5.70. The SMILES string of the molecule is CN(C)CC(=O)Nc1ccncc1N(C(=O)c1ccc(Cl)cc1)C(=O)c1ccc(Cl)cc1. The summed E-state index contributed by atoms with van der Waals surface area (Å²) < 4.78 is 0. The lowest BCUT2D eigenvalue weighted by molar-refractivity contribution is -0.116. The first kappa shape index (κ1) is 23.4. The van der Waals surface area contributed by atoms with Crippen LogP contribution in [0.15, 0.2) is 67.0 Å². The fourth-order valence-corrected chi connectivity index (χ4v) is 3.15. The van der Waals surface area contributed by atoms with Gasteiger partial charge in [-0.05, 0) is 68.7 Å². The van der Waals surface area contributed by atoms with E-state index in [-0.39, 0.29) is 35.0 Å². The summed E-state index contributed by atoms with van der Waals surface area (Å²) in [6, 6.07) is 13.8. The number of hydrogen-bond donors (Lipinski definition) is 1. The highest BCUT2D eigenvalue weighted by atomic mass is 35.5. The van der Waals surface area contributed by atoms with Gasteiger partial charge in [0.2, 0.25) is 5.91 Å². The first-order valence-electron chi connectivity index (χ1n) is 9.55. The number of anilines is 2. The zero-order valence-electron chi connectivity index (χ0n) is 17.4. The smallest absolute Gasteiger partial charge is 0.265 e. The molecular formula is C23H20Cl2N4O3. The number of likely N-dealkylation sites (N-methyl/N-ethyl adjacent to an activating group) is 1. The standard InChI is InChI=1S/C23H20Cl2N4O3/c1-28(2)14-21(30)27-19-11-12-26-13-20(19)29(22(31)15-3-7-17(24)8-4-15)23(32)16-5-9-18(25)10-6-16/h3-13H,14H2,1-2H3,(H,26,27,30). The van der Waals surface area contributed by atoms with Crippen LogP contribution in [0.2, 0.25) is 10.0 Å². The van der Waals surface area contributed by atoms with Crippen LogP contribution < -0.4 is 10.2 Å². The summed E-state index contributed by atoms with van der Waals surface area (Å²) >= 11 is 11.9. The summed E-state index contributed by atoms with van der Waals surface area (Å²) in [6.07, 6.45) is 2.82. The average Bonchev–Trinajstić information content (AvgIpc) is 2.75. The van der Waals surface area contributed by atoms with Crippen LogP contribution in [0.4, 0.5) is 11.4 Å². The molecule has 164 valence electrons. The second-order valence-electron chi connectivity index (χ2n) is 7.14. The van der Waals surface area contributed by atoms with E-state index in [1.807, 2.05) is 0 Å². The molecule has 7 nitrogen and oxygen atoms in total. The predicted molar refractivity (Wildman–Crippen MR) is 125 cm³/mol. The Morgan fingerprint density at radius 1 is 0.844 bits per heavy atom. The van der Waals surface area contributed by atoms with E-state index in [0.717, 1.165) is 4.90 Å². The van der Waals surface area contributed by atoms with Gasteiger partial charge in [-0.25, -0.2) is 4.90 Å². The lowest BCUT2D eigenvalue weighted by Crippen LogP contribution is -2.38. The summed E-state index contributed by atoms with van der Waals surface area (Å²) in [6.45, 7) is 0.123. The Hall–Kier alpha value is -3.26. The molecule has 2 aromatic carbocycles. The number of hydrogen-bond acceptors (Lipinski definition) is 5. The minimum atomic E-state index is -0.599. The normalized spacial score (nSPS) is 10.7. The zero-order valence-corrected chi connectivity index (χ0v) is 18.9. The summed E-state index contributed by atoms with van der Waals surface area (Å²) in [5.41, 5.74) is 0.897. The molecule has 0 radical (unpaired) electrons. The number of rotatable bonds is 6. The number of nitrogens with one attached hydrogen (secondary N) is 1. The molecule has 0 unspecified atom stereocenters. The molecule has 0 aliphatic carbocycles. The van der Waals surface area contributed by atoms with E-state index >= 15 is 0 Å². The van der Waals surface area contributed by atoms with Crippen molar-refractivity contribution in [3.8, 4) is 0 Å². The number of aromatic nitrogens is 1. The third-order valence-electron chi connectivity index (χ3n) is 4.36. The van der Waals surface area contributed by atoms with Gasteiger partial charge in [-0.1, -0.05) is 23.2 Å². The van der Waals surface area contributed by atoms with Gasteiger partial charge in [-0.2, -0.15) is 0 Å². The molecular weight excluding hydrogens is 451 g/mol. The maximum atomic E-state index is 13.4. The van der Waals surface area contributed by atoms with E-state index in [1.165, 1.54) is 42.7 Å². The number of halogens is 2. The van der Waals surface area contributed by atoms with Gasteiger partial charge in [0.1, 0.15) is 0 Å². The number of imide groups is 1. The average molecular weight is 471 g/mol. The van der Waals surface area contributed by atoms with Gasteiger partial charge < -0.3 is 10.2 Å². The Labute approximate surface area is 195 Å². The second kappa shape index (κ2) is 10.4. The van der Waals surface area contributed by atoms with E-state index in [9.17, 15) is 14.4 Å². The molecule has 0 aliphatic rings. The molecule has 1 N–H and O–H groups in total. The molecule has 0 atom stereocenters. The molecule has 3 rings (SSSR count). The fraction of sp³-hybridized carbons (Fsp3) is 0.130. The molecule has 0 fully saturated rings. The van der Waals surface area contributed by atoms with Gasteiger partial charge >= 0.3 is 0 Å². The number of pyridine rings is 1. The van der Waals surface area contributed by atoms with E-state index < -0.39 is 11.8 Å². The quantitative estimate of drug-likeness (QED) is 0.540. The van der Waals surface area contributed by atoms with Crippen LogP contribution in [-0.4, -0.2) is 48.2 Å². The summed E-state index contributed by atoms with van der Waals surface area (Å²) in [4.78, 5) is 46.0. The van der Waals surface area contributed by atoms with Gasteiger partial charge in [-0.3, -0.25) is 19.4 Å². The summed E-state index contributed by atoms with van der Waals surface area (Å²) in [5, 5.41) is 3.65. The third-order valence-corrected chi connectivity index (χ3v) is 4.87. The van der Waals surface area contributed by atoms with Crippen LogP contribution in [0, 0.1) is 0 Å². The monoisotopic (exact) mass is 470 g/mol. The van der Waals surface area contributed by atoms with Crippen LogP contribution >= 0.6 is 23.2 Å². The Morgan fingerprint density at radius 3 is 1.81 bits per heavy atom. The fourth-order valence-electron chi connectivity index (χ4n) is 2.90. The molecule has 0 saturated carbocycles. The van der Waals surface area contributed by atoms with Gasteiger partial charge in [0.15, 0.2) is 0 Å². The van der Waals surface area contributed by atoms with Crippen molar-refractivity contribution in [3.05, 3.63) is 88.2 Å². The maximum Gasteiger partial charge on any atom is 0.265 e. The van der Waals surface area contributed by atoms with Crippen molar-refractivity contribution in [1.29, 1.82) is 0 Å². The van der Waals surface area contributed by atoms with Gasteiger partial charge in [0.05, 0.1) is 24.1 Å². The van der Waals surface area contributed by atoms with Gasteiger partial charge in [0, 0.05) is 27.4 Å². The topological polar surface area (TPSA) is 82.6 Å². The van der Waals surface area contributed by atoms with Crippen molar-refractivity contribution in [2.75, 3.05) is 30.9 Å². The Balaban J connectivity index is 2.07. The minimum absolute atomic E-state index is 0.123. The van der Waals surface area contributed by atoms with Crippen LogP contribution in [-0.2, 0) is 4.79 Å². The second-order valence-corrected chi connectivity index (χ2v) is 8.01. The van der Waals surface area contributed by atoms with Crippen molar-refractivity contribution in [3.63, 3.8) is 0 Å². The maximum absolute atomic E-state index is 13.4. The molecule has 3 aromatic rings. The largest absolute Gasteiger partial charge is 0.323 e. The van der Waals surface area contributed by atoms with Gasteiger partial charge in [-0.15, -0.1) is 0 Å². The highest BCUT2D eigenvalue weighted by Gasteiger charge is 2.29. The zero-order chi connectivity index (χ0) is 23.3. The van der Waals surface area contributed by atoms with Crippen LogP contribution in [0.1, 0.15) is 20.7 Å². The molecule has 0 saturated heterocycles. The number of benzene rings is 2. The van der Waals surface area contributed by atoms with E-state index in [4.69, 9.17) is 23.2 Å². The summed E-state index contributed by atoms with van der Waals surface area (Å²) in [7, 11) is 3.51. The van der Waals surface area contributed by atoms with Crippen molar-refractivity contribution < 1.29 is 14.4 Å². The highest BCUT2D eigenvalue weighted by Crippen LogP contribution is 2.28. The van der Waals surface area contributed by atoms with Gasteiger partial charge in [0.25, 0.3) is 11.8 Å². The lowest BCUT2D eigenvalue weighted by atomic mass is 10.1. The minimum Gasteiger partial charge on any atom is -0.323 e. The number of nitrogens with zero attached hydrogens (tertiary/aromatic N) is 3. The lowest BCUT2D eigenvalue weighted by Gasteiger charge is -2.24. The van der Waals surface area contributed by atoms with E-state index in [2.05, 4.69) is 10.3 Å². The predicted octanol–water partition coefficient (Wildman–Crippen LogP) is 4.38. The van der Waals surface area contributed by atoms with Crippen LogP contribution in [0.3, 0.4) is 0 Å². The molecule has 1 aromatic heterocycles. The van der Waals surface area contributed by atoms with Crippen LogP contribution in [0.5, 0.6) is 0 Å². The first-order valence-corrected chi connectivity index (χ1v) is 10.3. The number of amides is 3. The highest BCUT2D eigenvalue weighted by molar-refractivity contribution is 6.32. The Kier molecular flexibility index (Phi) is 7.58. The van der Waals surface area contributed by atoms with Crippen molar-refractivity contribution in [2.24, 2.45) is 0 Å². The molecule has 9 heteroatoms. The van der Waals surface area contributed by atoms with E-state index in [1.54, 1.807) is 43.3 Å². The first-order chi connectivity index (χ1) is 15.3. The van der Waals surface area contributed by atoms with Crippen LogP contribution in [0.25, 0.3) is 0 Å². The molecule has 0 spiro atoms. The number of carbonyl (C=O) groups excluding carboxylic acids is 3. The van der Waals surface area contributed by atoms with Crippen molar-refractivity contribution in [2.45, 2.75) is 0 Å². The summed E-state index contributed by atoms with van der Waals surface area (Å²) in [5.74, 6) is -1.50. The van der Waals surface area contributed by atoms with Crippen molar-refractivity contribution >= 4 is 52.3 Å². The molecule has 0 bridgehead atoms.